The van der Waals surface area contributed by atoms with Gasteiger partial charge in [0.25, 0.3) is 0 Å². The number of carboxylic acids is 1. The molecule has 1 aliphatic heterocycles. The zero-order chi connectivity index (χ0) is 15.1. The molecular weight excluding hydrogens is 262 g/mol. The minimum absolute atomic E-state index is 0.0109. The molecule has 0 aliphatic carbocycles. The van der Waals surface area contributed by atoms with E-state index >= 15 is 0 Å². The number of nitrogens with one attached hydrogen (secondary N) is 1. The number of aliphatic carboxylic acids is 1. The largest absolute Gasteiger partial charge is 0.481 e. The lowest BCUT2D eigenvalue weighted by molar-refractivity contribution is -0.138. The van der Waals surface area contributed by atoms with Crippen LogP contribution in [0, 0.1) is 5.92 Å². The number of hydrogen-bond donors (Lipinski definition) is 2. The van der Waals surface area contributed by atoms with E-state index < -0.39 is 5.97 Å². The topological polar surface area (TPSA) is 90.0 Å². The normalized spacial score (nSPS) is 17.9. The van der Waals surface area contributed by atoms with E-state index in [0.717, 1.165) is 0 Å². The van der Waals surface area contributed by atoms with E-state index in [2.05, 4.69) is 5.32 Å². The molecule has 0 aromatic carbocycles. The number of amides is 3. The summed E-state index contributed by atoms with van der Waals surface area (Å²) >= 11 is 0. The van der Waals surface area contributed by atoms with Crippen LogP contribution in [0.3, 0.4) is 0 Å². The number of carbonyl (C=O) groups is 3. The van der Waals surface area contributed by atoms with Gasteiger partial charge in [-0.2, -0.15) is 0 Å². The second-order valence-electron chi connectivity index (χ2n) is 4.92. The Kier molecular flexibility index (Phi) is 6.27. The van der Waals surface area contributed by atoms with E-state index in [1.807, 2.05) is 13.8 Å². The maximum absolute atomic E-state index is 11.9. The summed E-state index contributed by atoms with van der Waals surface area (Å²) in [6, 6.07) is -0.293. The van der Waals surface area contributed by atoms with Crippen molar-refractivity contribution in [1.82, 2.24) is 15.1 Å². The Morgan fingerprint density at radius 1 is 1.30 bits per heavy atom. The highest BCUT2D eigenvalue weighted by Crippen LogP contribution is 2.19. The van der Waals surface area contributed by atoms with Crippen LogP contribution in [0.2, 0.25) is 0 Å². The van der Waals surface area contributed by atoms with Gasteiger partial charge >= 0.3 is 12.0 Å². The molecule has 114 valence electrons. The van der Waals surface area contributed by atoms with Crippen molar-refractivity contribution in [2.45, 2.75) is 26.7 Å². The fourth-order valence-electron chi connectivity index (χ4n) is 2.38. The molecule has 1 fully saturated rings. The third-order valence-electron chi connectivity index (χ3n) is 3.54. The Labute approximate surface area is 118 Å². The molecule has 3 amide bonds. The first kappa shape index (κ1) is 16.3. The third kappa shape index (κ3) is 4.71. The fourth-order valence-corrected chi connectivity index (χ4v) is 2.38. The van der Waals surface area contributed by atoms with E-state index in [4.69, 9.17) is 5.11 Å². The van der Waals surface area contributed by atoms with E-state index in [1.54, 1.807) is 9.80 Å². The molecule has 1 atom stereocenters. The summed E-state index contributed by atoms with van der Waals surface area (Å²) in [5.74, 6) is -0.935. The molecule has 1 unspecified atom stereocenters. The molecule has 0 saturated carbocycles. The molecule has 20 heavy (non-hydrogen) atoms. The zero-order valence-electron chi connectivity index (χ0n) is 12.1. The number of rotatable bonds is 6. The van der Waals surface area contributed by atoms with Gasteiger partial charge in [0.2, 0.25) is 5.91 Å². The van der Waals surface area contributed by atoms with Gasteiger partial charge in [0, 0.05) is 32.6 Å². The summed E-state index contributed by atoms with van der Waals surface area (Å²) in [7, 11) is 0. The first-order valence-corrected chi connectivity index (χ1v) is 7.00. The van der Waals surface area contributed by atoms with E-state index in [9.17, 15) is 14.4 Å². The maximum Gasteiger partial charge on any atom is 0.317 e. The number of likely N-dealkylation sites (tertiary alicyclic amines) is 1. The van der Waals surface area contributed by atoms with Crippen molar-refractivity contribution in [3.63, 3.8) is 0 Å². The van der Waals surface area contributed by atoms with Gasteiger partial charge in [-0.05, 0) is 26.2 Å². The molecule has 1 aliphatic rings. The van der Waals surface area contributed by atoms with Crippen molar-refractivity contribution in [3.8, 4) is 0 Å². The van der Waals surface area contributed by atoms with Crippen LogP contribution in [0.1, 0.15) is 26.7 Å². The van der Waals surface area contributed by atoms with Crippen LogP contribution < -0.4 is 5.32 Å². The van der Waals surface area contributed by atoms with Crippen LogP contribution in [0.5, 0.6) is 0 Å². The minimum atomic E-state index is -0.839. The van der Waals surface area contributed by atoms with E-state index in [-0.39, 0.29) is 30.8 Å². The quantitative estimate of drug-likeness (QED) is 0.737. The smallest absolute Gasteiger partial charge is 0.317 e. The van der Waals surface area contributed by atoms with Gasteiger partial charge in [-0.1, -0.05) is 0 Å². The lowest BCUT2D eigenvalue weighted by atomic mass is 10.1. The van der Waals surface area contributed by atoms with Crippen molar-refractivity contribution >= 4 is 17.9 Å². The predicted octanol–water partition coefficient (Wildman–Crippen LogP) is 0.361. The second-order valence-corrected chi connectivity index (χ2v) is 4.92. The zero-order valence-corrected chi connectivity index (χ0v) is 12.1. The first-order chi connectivity index (χ1) is 9.47. The molecule has 1 rings (SSSR count). The highest BCUT2D eigenvalue weighted by molar-refractivity contribution is 5.84. The van der Waals surface area contributed by atoms with E-state index in [0.29, 0.717) is 32.6 Å². The highest BCUT2D eigenvalue weighted by atomic mass is 16.4. The Bertz CT molecular complexity index is 369. The van der Waals surface area contributed by atoms with Gasteiger partial charge in [0.05, 0.1) is 6.54 Å². The maximum atomic E-state index is 11.9. The molecule has 0 bridgehead atoms. The average molecular weight is 285 g/mol. The van der Waals surface area contributed by atoms with Crippen LogP contribution in [-0.4, -0.2) is 65.5 Å². The lowest BCUT2D eigenvalue weighted by Gasteiger charge is -2.21. The number of carbonyl (C=O) groups excluding carboxylic acids is 2. The molecular formula is C13H23N3O4. The summed E-state index contributed by atoms with van der Waals surface area (Å²) in [4.78, 5) is 37.5. The summed E-state index contributed by atoms with van der Waals surface area (Å²) in [5, 5.41) is 11.3. The molecule has 7 nitrogen and oxygen atoms in total. The molecule has 0 aromatic rings. The van der Waals surface area contributed by atoms with Gasteiger partial charge in [-0.15, -0.1) is 0 Å². The fraction of sp³-hybridized carbons (Fsp3) is 0.769. The Morgan fingerprint density at radius 2 is 1.95 bits per heavy atom. The van der Waals surface area contributed by atoms with Crippen LogP contribution in [0.15, 0.2) is 0 Å². The van der Waals surface area contributed by atoms with Crippen molar-refractivity contribution in [1.29, 1.82) is 0 Å². The summed E-state index contributed by atoms with van der Waals surface area (Å²) in [6.45, 7) is 5.99. The van der Waals surface area contributed by atoms with Crippen molar-refractivity contribution in [3.05, 3.63) is 0 Å². The van der Waals surface area contributed by atoms with Gasteiger partial charge in [-0.25, -0.2) is 4.79 Å². The monoisotopic (exact) mass is 285 g/mol. The Balaban J connectivity index is 2.33. The number of likely N-dealkylation sites (N-methyl/N-ethyl adjacent to an activating group) is 1. The number of nitrogens with zero attached hydrogens (tertiary/aromatic N) is 2. The number of urea groups is 1. The summed E-state index contributed by atoms with van der Waals surface area (Å²) in [5.41, 5.74) is 0. The standard InChI is InChI=1S/C13H23N3O4/c1-3-15(4-2)11(17)8-14-13(20)16-6-5-10(9-16)7-12(18)19/h10H,3-9H2,1-2H3,(H,14,20)(H,18,19). The number of hydrogen-bond acceptors (Lipinski definition) is 3. The van der Waals surface area contributed by atoms with Crippen molar-refractivity contribution in [2.24, 2.45) is 5.92 Å². The molecule has 2 N–H and O–H groups in total. The summed E-state index contributed by atoms with van der Waals surface area (Å²) in [6.07, 6.45) is 0.784. The molecule has 1 heterocycles. The SMILES string of the molecule is CCN(CC)C(=O)CNC(=O)N1CCC(CC(=O)O)C1. The average Bonchev–Trinajstić information content (AvgIpc) is 2.85. The molecule has 1 saturated heterocycles. The summed E-state index contributed by atoms with van der Waals surface area (Å²) < 4.78 is 0. The van der Waals surface area contributed by atoms with Gasteiger partial charge in [0.15, 0.2) is 0 Å². The Morgan fingerprint density at radius 3 is 2.50 bits per heavy atom. The molecule has 0 radical (unpaired) electrons. The minimum Gasteiger partial charge on any atom is -0.481 e. The highest BCUT2D eigenvalue weighted by Gasteiger charge is 2.27. The Hall–Kier alpha value is -1.79. The molecule has 0 aromatic heterocycles. The second kappa shape index (κ2) is 7.72. The van der Waals surface area contributed by atoms with Crippen LogP contribution in [0.4, 0.5) is 4.79 Å². The first-order valence-electron chi connectivity index (χ1n) is 7.00. The third-order valence-corrected chi connectivity index (χ3v) is 3.54. The predicted molar refractivity (Wildman–Crippen MR) is 73.3 cm³/mol. The number of carboxylic acid groups (broad SMARTS) is 1. The van der Waals surface area contributed by atoms with Crippen molar-refractivity contribution < 1.29 is 19.5 Å². The van der Waals surface area contributed by atoms with Crippen LogP contribution in [-0.2, 0) is 9.59 Å². The van der Waals surface area contributed by atoms with Gasteiger partial charge in [0.1, 0.15) is 0 Å². The lowest BCUT2D eigenvalue weighted by Crippen LogP contribution is -2.44. The van der Waals surface area contributed by atoms with Gasteiger partial charge < -0.3 is 20.2 Å². The van der Waals surface area contributed by atoms with Crippen molar-refractivity contribution in [2.75, 3.05) is 32.7 Å². The van der Waals surface area contributed by atoms with Crippen LogP contribution in [0.25, 0.3) is 0 Å². The molecule has 0 spiro atoms. The van der Waals surface area contributed by atoms with Gasteiger partial charge in [-0.3, -0.25) is 9.59 Å². The van der Waals surface area contributed by atoms with Crippen LogP contribution >= 0.6 is 0 Å². The van der Waals surface area contributed by atoms with E-state index in [1.165, 1.54) is 0 Å². The molecule has 7 heteroatoms.